The number of carbonyl (C=O) groups is 2. The van der Waals surface area contributed by atoms with Crippen LogP contribution in [0.4, 0.5) is 20.2 Å². The fourth-order valence-electron chi connectivity index (χ4n) is 2.86. The largest absolute Gasteiger partial charge is 0.494 e. The van der Waals surface area contributed by atoms with E-state index in [0.717, 1.165) is 12.1 Å². The second-order valence-corrected chi connectivity index (χ2v) is 8.63. The third kappa shape index (κ3) is 6.51. The minimum Gasteiger partial charge on any atom is -0.494 e. The van der Waals surface area contributed by atoms with Gasteiger partial charge >= 0.3 is 0 Å². The van der Waals surface area contributed by atoms with E-state index >= 15 is 0 Å². The summed E-state index contributed by atoms with van der Waals surface area (Å²) in [5, 5.41) is 4.70. The molecule has 0 bridgehead atoms. The van der Waals surface area contributed by atoms with Crippen LogP contribution in [0.15, 0.2) is 71.6 Å². The van der Waals surface area contributed by atoms with E-state index in [1.807, 2.05) is 6.92 Å². The number of rotatable bonds is 9. The summed E-state index contributed by atoms with van der Waals surface area (Å²) in [6, 6.07) is 14.4. The highest BCUT2D eigenvalue weighted by atomic mass is 32.2. The molecule has 0 spiro atoms. The van der Waals surface area contributed by atoms with Crippen molar-refractivity contribution in [2.75, 3.05) is 23.2 Å². The van der Waals surface area contributed by atoms with Gasteiger partial charge in [0.25, 0.3) is 15.9 Å². The molecule has 3 aromatic rings. The molecule has 0 radical (unpaired) electrons. The molecule has 2 amide bonds. The van der Waals surface area contributed by atoms with Gasteiger partial charge in [0.2, 0.25) is 5.91 Å². The number of anilines is 2. The van der Waals surface area contributed by atoms with E-state index in [1.165, 1.54) is 54.6 Å². The van der Waals surface area contributed by atoms with Crippen LogP contribution >= 0.6 is 0 Å². The van der Waals surface area contributed by atoms with Gasteiger partial charge < -0.3 is 15.4 Å². The topological polar surface area (TPSA) is 114 Å². The minimum absolute atomic E-state index is 0.0136. The maximum absolute atomic E-state index is 13.2. The number of hydrogen-bond acceptors (Lipinski definition) is 5. The standard InChI is InChI=1S/C23H21F2N3O5S/c1-2-33-18-7-9-19(10-8-18)34(31,32)28-17-5-3-4-15(12-17)23(30)26-14-22(29)27-16-6-11-20(24)21(25)13-16/h3-13,28H,2,14H2,1H3,(H,26,30)(H,27,29). The van der Waals surface area contributed by atoms with Gasteiger partial charge in [-0.15, -0.1) is 0 Å². The quantitative estimate of drug-likeness (QED) is 0.426. The number of benzene rings is 3. The van der Waals surface area contributed by atoms with Crippen molar-refractivity contribution in [3.05, 3.63) is 83.9 Å². The summed E-state index contributed by atoms with van der Waals surface area (Å²) in [5.41, 5.74) is 0.282. The average molecular weight is 490 g/mol. The molecule has 0 saturated heterocycles. The first-order valence-corrected chi connectivity index (χ1v) is 11.5. The second-order valence-electron chi connectivity index (χ2n) is 6.95. The van der Waals surface area contributed by atoms with Crippen LogP contribution < -0.4 is 20.1 Å². The first kappa shape index (κ1) is 24.6. The van der Waals surface area contributed by atoms with Gasteiger partial charge in [-0.3, -0.25) is 14.3 Å². The lowest BCUT2D eigenvalue weighted by atomic mass is 10.2. The average Bonchev–Trinajstić information content (AvgIpc) is 2.80. The van der Waals surface area contributed by atoms with Crippen molar-refractivity contribution in [3.63, 3.8) is 0 Å². The molecule has 0 aliphatic rings. The van der Waals surface area contributed by atoms with E-state index in [9.17, 15) is 26.8 Å². The molecule has 0 aromatic heterocycles. The van der Waals surface area contributed by atoms with Crippen molar-refractivity contribution >= 4 is 33.2 Å². The van der Waals surface area contributed by atoms with Gasteiger partial charge in [-0.05, 0) is 61.5 Å². The zero-order valence-corrected chi connectivity index (χ0v) is 18.8. The highest BCUT2D eigenvalue weighted by Gasteiger charge is 2.16. The lowest BCUT2D eigenvalue weighted by molar-refractivity contribution is -0.115. The summed E-state index contributed by atoms with van der Waals surface area (Å²) in [6.45, 7) is 1.82. The highest BCUT2D eigenvalue weighted by molar-refractivity contribution is 7.92. The number of hydrogen-bond donors (Lipinski definition) is 3. The third-order valence-corrected chi connectivity index (χ3v) is 5.83. The summed E-state index contributed by atoms with van der Waals surface area (Å²) >= 11 is 0. The smallest absolute Gasteiger partial charge is 0.261 e. The Balaban J connectivity index is 1.60. The minimum atomic E-state index is -3.91. The Kier molecular flexibility index (Phi) is 7.79. The maximum Gasteiger partial charge on any atom is 0.261 e. The Hall–Kier alpha value is -3.99. The first-order valence-electron chi connectivity index (χ1n) is 10.1. The Morgan fingerprint density at radius 2 is 1.65 bits per heavy atom. The van der Waals surface area contributed by atoms with Gasteiger partial charge in [0.05, 0.1) is 18.0 Å². The molecular weight excluding hydrogens is 468 g/mol. The fourth-order valence-corrected chi connectivity index (χ4v) is 3.91. The van der Waals surface area contributed by atoms with Gasteiger partial charge in [-0.1, -0.05) is 6.07 Å². The fraction of sp³-hybridized carbons (Fsp3) is 0.130. The zero-order chi connectivity index (χ0) is 24.7. The van der Waals surface area contributed by atoms with Crippen LogP contribution in [0.1, 0.15) is 17.3 Å². The highest BCUT2D eigenvalue weighted by Crippen LogP contribution is 2.20. The van der Waals surface area contributed by atoms with E-state index in [-0.39, 0.29) is 21.8 Å². The van der Waals surface area contributed by atoms with E-state index < -0.39 is 40.0 Å². The molecule has 3 N–H and O–H groups in total. The monoisotopic (exact) mass is 489 g/mol. The van der Waals surface area contributed by atoms with E-state index in [0.29, 0.717) is 12.4 Å². The molecule has 0 fully saturated rings. The molecule has 3 rings (SSSR count). The van der Waals surface area contributed by atoms with Gasteiger partial charge in [0.1, 0.15) is 5.75 Å². The summed E-state index contributed by atoms with van der Waals surface area (Å²) in [5.74, 6) is -2.93. The predicted molar refractivity (Wildman–Crippen MR) is 122 cm³/mol. The lowest BCUT2D eigenvalue weighted by Crippen LogP contribution is -2.32. The summed E-state index contributed by atoms with van der Waals surface area (Å²) < 4.78 is 59.1. The Labute approximate surface area is 195 Å². The van der Waals surface area contributed by atoms with Crippen LogP contribution in [0.3, 0.4) is 0 Å². The van der Waals surface area contributed by atoms with Crippen molar-refractivity contribution in [2.24, 2.45) is 0 Å². The van der Waals surface area contributed by atoms with Crippen molar-refractivity contribution in [3.8, 4) is 5.75 Å². The number of sulfonamides is 1. The molecule has 34 heavy (non-hydrogen) atoms. The Morgan fingerprint density at radius 3 is 2.32 bits per heavy atom. The van der Waals surface area contributed by atoms with Crippen LogP contribution in [0, 0.1) is 11.6 Å². The van der Waals surface area contributed by atoms with Crippen LogP contribution in [-0.2, 0) is 14.8 Å². The normalized spacial score (nSPS) is 10.9. The summed E-state index contributed by atoms with van der Waals surface area (Å²) in [7, 11) is -3.91. The lowest BCUT2D eigenvalue weighted by Gasteiger charge is -2.11. The number of ether oxygens (including phenoxy) is 1. The number of amides is 2. The SMILES string of the molecule is CCOc1ccc(S(=O)(=O)Nc2cccc(C(=O)NCC(=O)Nc3ccc(F)c(F)c3)c2)cc1. The molecular formula is C23H21F2N3O5S. The van der Waals surface area contributed by atoms with Crippen molar-refractivity contribution in [1.29, 1.82) is 0 Å². The van der Waals surface area contributed by atoms with E-state index in [1.54, 1.807) is 0 Å². The summed E-state index contributed by atoms with van der Waals surface area (Å²) in [4.78, 5) is 24.4. The van der Waals surface area contributed by atoms with Gasteiger partial charge in [-0.2, -0.15) is 0 Å². The van der Waals surface area contributed by atoms with Crippen LogP contribution in [0.25, 0.3) is 0 Å². The third-order valence-electron chi connectivity index (χ3n) is 4.43. The van der Waals surface area contributed by atoms with Crippen molar-refractivity contribution in [1.82, 2.24) is 5.32 Å². The van der Waals surface area contributed by atoms with E-state index in [4.69, 9.17) is 4.74 Å². The number of halogens is 2. The maximum atomic E-state index is 13.2. The molecule has 0 saturated carbocycles. The van der Waals surface area contributed by atoms with Gasteiger partial charge in [0, 0.05) is 23.0 Å². The molecule has 0 aliphatic carbocycles. The Bertz CT molecular complexity index is 1300. The zero-order valence-electron chi connectivity index (χ0n) is 18.0. The van der Waals surface area contributed by atoms with Gasteiger partial charge in [-0.25, -0.2) is 17.2 Å². The number of carbonyl (C=O) groups excluding carboxylic acids is 2. The Morgan fingerprint density at radius 1 is 0.912 bits per heavy atom. The molecule has 0 aliphatic heterocycles. The van der Waals surface area contributed by atoms with Crippen LogP contribution in [0.5, 0.6) is 5.75 Å². The number of nitrogens with one attached hydrogen (secondary N) is 3. The van der Waals surface area contributed by atoms with Crippen LogP contribution in [-0.4, -0.2) is 33.4 Å². The molecule has 0 heterocycles. The van der Waals surface area contributed by atoms with Gasteiger partial charge in [0.15, 0.2) is 11.6 Å². The molecule has 3 aromatic carbocycles. The van der Waals surface area contributed by atoms with Crippen molar-refractivity contribution in [2.45, 2.75) is 11.8 Å². The molecule has 178 valence electrons. The first-order chi connectivity index (χ1) is 16.2. The molecule has 11 heteroatoms. The van der Waals surface area contributed by atoms with Crippen molar-refractivity contribution < 1.29 is 31.5 Å². The van der Waals surface area contributed by atoms with Crippen LogP contribution in [0.2, 0.25) is 0 Å². The molecule has 8 nitrogen and oxygen atoms in total. The second kappa shape index (κ2) is 10.8. The predicted octanol–water partition coefficient (Wildman–Crippen LogP) is 3.53. The molecule has 0 atom stereocenters. The van der Waals surface area contributed by atoms with E-state index in [2.05, 4.69) is 15.4 Å². The summed E-state index contributed by atoms with van der Waals surface area (Å²) in [6.07, 6.45) is 0. The molecule has 0 unspecified atom stereocenters.